The van der Waals surface area contributed by atoms with E-state index in [2.05, 4.69) is 29.6 Å². The van der Waals surface area contributed by atoms with Crippen molar-refractivity contribution in [2.45, 2.75) is 18.9 Å². The minimum absolute atomic E-state index is 0.0352. The average molecular weight is 223 g/mol. The highest BCUT2D eigenvalue weighted by Gasteiger charge is 2.06. The summed E-state index contributed by atoms with van der Waals surface area (Å²) in [5.41, 5.74) is 2.44. The predicted octanol–water partition coefficient (Wildman–Crippen LogP) is 1.52. The van der Waals surface area contributed by atoms with Crippen LogP contribution >= 0.6 is 0 Å². The van der Waals surface area contributed by atoms with Gasteiger partial charge in [0.2, 0.25) is 0 Å². The van der Waals surface area contributed by atoms with Crippen molar-refractivity contribution in [3.8, 4) is 0 Å². The summed E-state index contributed by atoms with van der Waals surface area (Å²) in [5, 5.41) is 12.2. The zero-order chi connectivity index (χ0) is 11.8. The first-order valence-corrected chi connectivity index (χ1v) is 5.67. The van der Waals surface area contributed by atoms with E-state index in [0.717, 1.165) is 25.0 Å². The molecule has 2 N–H and O–H groups in total. The van der Waals surface area contributed by atoms with E-state index in [0.29, 0.717) is 0 Å². The van der Waals surface area contributed by atoms with Crippen LogP contribution in [0.4, 0.5) is 0 Å². The smallest absolute Gasteiger partial charge is 0.0626 e. The Bertz CT molecular complexity index is 280. The maximum Gasteiger partial charge on any atom is 0.0626 e. The molecule has 0 spiro atoms. The molecule has 3 nitrogen and oxygen atoms in total. The third-order valence-electron chi connectivity index (χ3n) is 2.73. The number of aryl methyl sites for hydroxylation is 1. The van der Waals surface area contributed by atoms with Crippen molar-refractivity contribution in [2.24, 2.45) is 0 Å². The summed E-state index contributed by atoms with van der Waals surface area (Å²) < 4.78 is 5.02. The van der Waals surface area contributed by atoms with Gasteiger partial charge in [-0.25, -0.2) is 0 Å². The Morgan fingerprint density at radius 1 is 1.31 bits per heavy atom. The molecule has 0 saturated heterocycles. The van der Waals surface area contributed by atoms with E-state index in [-0.39, 0.29) is 12.6 Å². The summed E-state index contributed by atoms with van der Waals surface area (Å²) >= 11 is 0. The zero-order valence-electron chi connectivity index (χ0n) is 10.1. The van der Waals surface area contributed by atoms with Crippen LogP contribution in [0.15, 0.2) is 24.3 Å². The summed E-state index contributed by atoms with van der Waals surface area (Å²) in [7, 11) is 3.58. The van der Waals surface area contributed by atoms with Gasteiger partial charge >= 0.3 is 0 Å². The zero-order valence-corrected chi connectivity index (χ0v) is 10.1. The molecular formula is C13H21NO2. The second kappa shape index (κ2) is 7.39. The lowest BCUT2D eigenvalue weighted by atomic mass is 10.0. The fourth-order valence-electron chi connectivity index (χ4n) is 1.70. The van der Waals surface area contributed by atoms with Crippen LogP contribution in [0, 0.1) is 0 Å². The van der Waals surface area contributed by atoms with Crippen LogP contribution in [-0.2, 0) is 11.2 Å². The SMILES string of the molecule is CNC(CO)c1ccc(CCCOC)cc1. The van der Waals surface area contributed by atoms with Crippen LogP contribution in [0.2, 0.25) is 0 Å². The number of methoxy groups -OCH3 is 1. The van der Waals surface area contributed by atoms with Crippen LogP contribution in [-0.4, -0.2) is 32.5 Å². The number of nitrogens with one attached hydrogen (secondary N) is 1. The first-order valence-electron chi connectivity index (χ1n) is 5.67. The molecule has 1 aromatic carbocycles. The predicted molar refractivity (Wildman–Crippen MR) is 65.5 cm³/mol. The van der Waals surface area contributed by atoms with Crippen LogP contribution in [0.5, 0.6) is 0 Å². The summed E-state index contributed by atoms with van der Waals surface area (Å²) in [6.07, 6.45) is 2.09. The van der Waals surface area contributed by atoms with E-state index in [9.17, 15) is 0 Å². The topological polar surface area (TPSA) is 41.5 Å². The van der Waals surface area contributed by atoms with Crippen molar-refractivity contribution in [3.05, 3.63) is 35.4 Å². The number of aliphatic hydroxyl groups excluding tert-OH is 1. The van der Waals surface area contributed by atoms with E-state index in [4.69, 9.17) is 9.84 Å². The Morgan fingerprint density at radius 2 is 2.00 bits per heavy atom. The second-order valence-electron chi connectivity index (χ2n) is 3.86. The maximum atomic E-state index is 9.14. The molecule has 0 aromatic heterocycles. The first kappa shape index (κ1) is 13.2. The molecule has 0 heterocycles. The van der Waals surface area contributed by atoms with E-state index in [1.807, 2.05) is 7.05 Å². The number of benzene rings is 1. The standard InChI is InChI=1S/C13H21NO2/c1-14-13(10-15)12-7-5-11(6-8-12)4-3-9-16-2/h5-8,13-15H,3-4,9-10H2,1-2H3. The lowest BCUT2D eigenvalue weighted by Gasteiger charge is -2.13. The fraction of sp³-hybridized carbons (Fsp3) is 0.538. The quantitative estimate of drug-likeness (QED) is 0.689. The summed E-state index contributed by atoms with van der Waals surface area (Å²) in [6, 6.07) is 8.41. The monoisotopic (exact) mass is 223 g/mol. The van der Waals surface area contributed by atoms with Gasteiger partial charge in [-0.3, -0.25) is 0 Å². The maximum absolute atomic E-state index is 9.14. The third-order valence-corrected chi connectivity index (χ3v) is 2.73. The molecular weight excluding hydrogens is 202 g/mol. The van der Waals surface area contributed by atoms with Gasteiger partial charge in [0.05, 0.1) is 12.6 Å². The largest absolute Gasteiger partial charge is 0.394 e. The van der Waals surface area contributed by atoms with Gasteiger partial charge in [-0.2, -0.15) is 0 Å². The number of likely N-dealkylation sites (N-methyl/N-ethyl adjacent to an activating group) is 1. The molecule has 1 rings (SSSR count). The van der Waals surface area contributed by atoms with E-state index >= 15 is 0 Å². The Kier molecular flexibility index (Phi) is 6.08. The highest BCUT2D eigenvalue weighted by atomic mass is 16.5. The van der Waals surface area contributed by atoms with Crippen LogP contribution in [0.3, 0.4) is 0 Å². The van der Waals surface area contributed by atoms with E-state index < -0.39 is 0 Å². The summed E-state index contributed by atoms with van der Waals surface area (Å²) in [4.78, 5) is 0. The molecule has 0 radical (unpaired) electrons. The van der Waals surface area contributed by atoms with E-state index in [1.165, 1.54) is 5.56 Å². The highest BCUT2D eigenvalue weighted by molar-refractivity contribution is 5.25. The van der Waals surface area contributed by atoms with Crippen molar-refractivity contribution < 1.29 is 9.84 Å². The summed E-state index contributed by atoms with van der Waals surface area (Å²) in [5.74, 6) is 0. The minimum Gasteiger partial charge on any atom is -0.394 e. The number of rotatable bonds is 7. The normalized spacial score (nSPS) is 12.7. The molecule has 90 valence electrons. The fourth-order valence-corrected chi connectivity index (χ4v) is 1.70. The van der Waals surface area contributed by atoms with Gasteiger partial charge in [-0.15, -0.1) is 0 Å². The minimum atomic E-state index is 0.0352. The molecule has 0 fully saturated rings. The Balaban J connectivity index is 2.53. The van der Waals surface area contributed by atoms with Gasteiger partial charge in [-0.05, 0) is 31.0 Å². The number of ether oxygens (including phenoxy) is 1. The molecule has 1 aromatic rings. The van der Waals surface area contributed by atoms with Crippen LogP contribution in [0.1, 0.15) is 23.6 Å². The molecule has 0 bridgehead atoms. The van der Waals surface area contributed by atoms with Gasteiger partial charge in [-0.1, -0.05) is 24.3 Å². The molecule has 1 atom stereocenters. The van der Waals surface area contributed by atoms with Crippen molar-refractivity contribution in [1.29, 1.82) is 0 Å². The first-order chi connectivity index (χ1) is 7.81. The molecule has 1 unspecified atom stereocenters. The molecule has 0 saturated carbocycles. The third kappa shape index (κ3) is 3.93. The summed E-state index contributed by atoms with van der Waals surface area (Å²) in [6.45, 7) is 0.928. The van der Waals surface area contributed by atoms with Gasteiger partial charge in [0.1, 0.15) is 0 Å². The van der Waals surface area contributed by atoms with E-state index in [1.54, 1.807) is 7.11 Å². The number of hydrogen-bond acceptors (Lipinski definition) is 3. The Hall–Kier alpha value is -0.900. The molecule has 0 aliphatic rings. The van der Waals surface area contributed by atoms with Gasteiger partial charge in [0.25, 0.3) is 0 Å². The number of hydrogen-bond donors (Lipinski definition) is 2. The van der Waals surface area contributed by atoms with Crippen molar-refractivity contribution in [3.63, 3.8) is 0 Å². The second-order valence-corrected chi connectivity index (χ2v) is 3.86. The molecule has 0 aliphatic heterocycles. The van der Waals surface area contributed by atoms with Gasteiger partial charge in [0, 0.05) is 13.7 Å². The van der Waals surface area contributed by atoms with Crippen LogP contribution < -0.4 is 5.32 Å². The Morgan fingerprint density at radius 3 is 2.50 bits per heavy atom. The molecule has 0 aliphatic carbocycles. The lowest BCUT2D eigenvalue weighted by molar-refractivity contribution is 0.195. The van der Waals surface area contributed by atoms with Gasteiger partial charge in [0.15, 0.2) is 0 Å². The Labute approximate surface area is 97.4 Å². The number of aliphatic hydroxyl groups is 1. The van der Waals surface area contributed by atoms with Crippen molar-refractivity contribution >= 4 is 0 Å². The molecule has 3 heteroatoms. The average Bonchev–Trinajstić information content (AvgIpc) is 2.33. The highest BCUT2D eigenvalue weighted by Crippen LogP contribution is 2.13. The van der Waals surface area contributed by atoms with Crippen LogP contribution in [0.25, 0.3) is 0 Å². The lowest BCUT2D eigenvalue weighted by Crippen LogP contribution is -2.19. The van der Waals surface area contributed by atoms with Gasteiger partial charge < -0.3 is 15.2 Å². The van der Waals surface area contributed by atoms with Crippen molar-refractivity contribution in [1.82, 2.24) is 5.32 Å². The molecule has 0 amide bonds. The van der Waals surface area contributed by atoms with Crippen molar-refractivity contribution in [2.75, 3.05) is 27.4 Å². The molecule has 16 heavy (non-hydrogen) atoms.